The molecule has 0 amide bonds. The van der Waals surface area contributed by atoms with Gasteiger partial charge in [-0.25, -0.2) is 4.98 Å². The Balaban J connectivity index is 1.29. The first kappa shape index (κ1) is 20.9. The van der Waals surface area contributed by atoms with Crippen molar-refractivity contribution >= 4 is 34.2 Å². The number of aliphatic hydroxyl groups excluding tert-OH is 1. The van der Waals surface area contributed by atoms with Gasteiger partial charge in [-0.05, 0) is 68.6 Å². The lowest BCUT2D eigenvalue weighted by molar-refractivity contribution is 0.143. The van der Waals surface area contributed by atoms with Crippen LogP contribution in [-0.2, 0) is 16.2 Å². The molecule has 0 unspecified atom stereocenters. The van der Waals surface area contributed by atoms with Crippen LogP contribution in [0.1, 0.15) is 62.1 Å². The van der Waals surface area contributed by atoms with Gasteiger partial charge in [0, 0.05) is 29.3 Å². The van der Waals surface area contributed by atoms with Crippen molar-refractivity contribution in [1.29, 1.82) is 0 Å². The number of anilines is 2. The molecule has 2 aliphatic carbocycles. The van der Waals surface area contributed by atoms with E-state index in [4.69, 9.17) is 21.6 Å². The molecule has 2 N–H and O–H groups in total. The third-order valence-electron chi connectivity index (χ3n) is 7.96. The maximum Gasteiger partial charge on any atom is 0.227 e. The predicted octanol–water partition coefficient (Wildman–Crippen LogP) is 3.99. The molecule has 0 bridgehead atoms. The van der Waals surface area contributed by atoms with E-state index >= 15 is 0 Å². The molecule has 2 aliphatic heterocycles. The summed E-state index contributed by atoms with van der Waals surface area (Å²) in [6.07, 6.45) is 7.14. The van der Waals surface area contributed by atoms with Gasteiger partial charge in [0.1, 0.15) is 10.7 Å². The molecule has 1 atom stereocenters. The molecule has 1 aromatic heterocycles. The topological polar surface area (TPSA) is 78.4 Å². The number of rotatable bonds is 5. The molecule has 2 saturated carbocycles. The second-order valence-electron chi connectivity index (χ2n) is 10.1. The normalized spacial score (nSPS) is 25.4. The van der Waals surface area contributed by atoms with Gasteiger partial charge < -0.3 is 15.3 Å². The summed E-state index contributed by atoms with van der Waals surface area (Å²) in [5.41, 5.74) is 2.00. The van der Waals surface area contributed by atoms with Crippen LogP contribution in [0.15, 0.2) is 29.2 Å². The van der Waals surface area contributed by atoms with Gasteiger partial charge >= 0.3 is 0 Å². The fourth-order valence-electron chi connectivity index (χ4n) is 5.49. The van der Waals surface area contributed by atoms with Crippen LogP contribution in [0.5, 0.6) is 0 Å². The van der Waals surface area contributed by atoms with Crippen LogP contribution >= 0.6 is 11.6 Å². The zero-order valence-corrected chi connectivity index (χ0v) is 19.7. The van der Waals surface area contributed by atoms with Crippen LogP contribution in [0.4, 0.5) is 11.8 Å². The van der Waals surface area contributed by atoms with Crippen molar-refractivity contribution in [3.8, 4) is 0 Å². The van der Waals surface area contributed by atoms with Gasteiger partial charge in [-0.15, -0.1) is 0 Å². The van der Waals surface area contributed by atoms with Crippen molar-refractivity contribution in [3.05, 3.63) is 40.5 Å². The van der Waals surface area contributed by atoms with Gasteiger partial charge in [0.2, 0.25) is 5.95 Å². The molecule has 8 heteroatoms. The fourth-order valence-corrected chi connectivity index (χ4v) is 7.48. The zero-order chi connectivity index (χ0) is 21.9. The van der Waals surface area contributed by atoms with E-state index in [9.17, 15) is 9.32 Å². The number of nitrogens with one attached hydrogen (secondary N) is 1. The number of hydrogen-bond acceptors (Lipinski definition) is 6. The van der Waals surface area contributed by atoms with E-state index in [2.05, 4.69) is 22.3 Å². The molecule has 0 radical (unpaired) electrons. The summed E-state index contributed by atoms with van der Waals surface area (Å²) in [6.45, 7) is 1.87. The Kier molecular flexibility index (Phi) is 5.01. The summed E-state index contributed by atoms with van der Waals surface area (Å²) in [5.74, 6) is 2.63. The Bertz CT molecular complexity index is 1050. The largest absolute Gasteiger partial charge is 0.394 e. The monoisotopic (exact) mass is 472 g/mol. The smallest absolute Gasteiger partial charge is 0.227 e. The first-order chi connectivity index (χ1) is 15.5. The van der Waals surface area contributed by atoms with Crippen LogP contribution in [0, 0.1) is 0 Å². The highest BCUT2D eigenvalue weighted by Crippen LogP contribution is 2.56. The lowest BCUT2D eigenvalue weighted by Crippen LogP contribution is -2.49. The Hall–Kier alpha value is -1.70. The molecule has 1 aromatic carbocycles. The molecular formula is C24H29ClN4O2S. The second-order valence-corrected chi connectivity index (χ2v) is 11.9. The summed E-state index contributed by atoms with van der Waals surface area (Å²) in [6, 6.07) is 8.21. The standard InChI is InChI=1S/C24H29ClN4O2S/c25-18-4-2-16(3-5-18)17-6-12-29(13-7-17)22-26-20-19(32(31)15-23(20)10-11-23)21(27-22)28-24(14-30)8-1-9-24/h2-5,17,30H,1,6-15H2,(H,26,27,28)/t32-/m0/s1. The summed E-state index contributed by atoms with van der Waals surface area (Å²) >= 11 is 6.06. The quantitative estimate of drug-likeness (QED) is 0.685. The van der Waals surface area contributed by atoms with Gasteiger partial charge in [0.15, 0.2) is 0 Å². The second kappa shape index (κ2) is 7.67. The van der Waals surface area contributed by atoms with Crippen LogP contribution in [-0.4, -0.2) is 50.3 Å². The number of fused-ring (bicyclic) bond motifs is 2. The van der Waals surface area contributed by atoms with E-state index in [1.54, 1.807) is 0 Å². The van der Waals surface area contributed by atoms with E-state index in [0.717, 1.165) is 79.6 Å². The first-order valence-electron chi connectivity index (χ1n) is 11.7. The van der Waals surface area contributed by atoms with Gasteiger partial charge in [-0.1, -0.05) is 23.7 Å². The number of aromatic nitrogens is 2. The Labute approximate surface area is 196 Å². The van der Waals surface area contributed by atoms with Gasteiger partial charge in [0.05, 0.1) is 28.6 Å². The Morgan fingerprint density at radius 1 is 1.12 bits per heavy atom. The average Bonchev–Trinajstić information content (AvgIpc) is 3.50. The number of aliphatic hydroxyl groups is 1. The van der Waals surface area contributed by atoms with Crippen molar-refractivity contribution in [3.63, 3.8) is 0 Å². The third kappa shape index (κ3) is 3.44. The number of benzene rings is 1. The van der Waals surface area contributed by atoms with Crippen molar-refractivity contribution in [2.24, 2.45) is 0 Å². The first-order valence-corrected chi connectivity index (χ1v) is 13.4. The fraction of sp³-hybridized carbons (Fsp3) is 0.583. The lowest BCUT2D eigenvalue weighted by Gasteiger charge is -2.42. The highest BCUT2D eigenvalue weighted by molar-refractivity contribution is 7.85. The Morgan fingerprint density at radius 3 is 2.44 bits per heavy atom. The molecule has 170 valence electrons. The number of piperidine rings is 1. The summed E-state index contributed by atoms with van der Waals surface area (Å²) in [5, 5.41) is 14.3. The zero-order valence-electron chi connectivity index (χ0n) is 18.1. The molecule has 1 saturated heterocycles. The van der Waals surface area contributed by atoms with Gasteiger partial charge in [-0.2, -0.15) is 4.98 Å². The SMILES string of the molecule is O=[S@]1CC2(CC2)c2nc(N3CCC(c4ccc(Cl)cc4)CC3)nc(NC3(CO)CCC3)c21. The molecule has 6 nitrogen and oxygen atoms in total. The molecule has 6 rings (SSSR count). The highest BCUT2D eigenvalue weighted by atomic mass is 35.5. The van der Waals surface area contributed by atoms with Crippen LogP contribution in [0.2, 0.25) is 5.02 Å². The van der Waals surface area contributed by atoms with E-state index in [1.807, 2.05) is 12.1 Å². The maximum absolute atomic E-state index is 13.0. The molecular weight excluding hydrogens is 444 g/mol. The van der Waals surface area contributed by atoms with E-state index in [-0.39, 0.29) is 17.6 Å². The maximum atomic E-state index is 13.0. The minimum Gasteiger partial charge on any atom is -0.394 e. The molecule has 4 aliphatic rings. The van der Waals surface area contributed by atoms with E-state index in [1.165, 1.54) is 5.56 Å². The summed E-state index contributed by atoms with van der Waals surface area (Å²) in [4.78, 5) is 13.0. The highest BCUT2D eigenvalue weighted by Gasteiger charge is 2.55. The van der Waals surface area contributed by atoms with E-state index in [0.29, 0.717) is 17.5 Å². The summed E-state index contributed by atoms with van der Waals surface area (Å²) in [7, 11) is -1.08. The molecule has 3 heterocycles. The molecule has 2 aromatic rings. The van der Waals surface area contributed by atoms with Crippen LogP contribution in [0.3, 0.4) is 0 Å². The number of hydrogen-bond donors (Lipinski definition) is 2. The molecule has 3 fully saturated rings. The van der Waals surface area contributed by atoms with Crippen molar-refractivity contribution < 1.29 is 9.32 Å². The van der Waals surface area contributed by atoms with E-state index < -0.39 is 10.8 Å². The predicted molar refractivity (Wildman–Crippen MR) is 127 cm³/mol. The Morgan fingerprint density at radius 2 is 1.84 bits per heavy atom. The molecule has 32 heavy (non-hydrogen) atoms. The minimum atomic E-state index is -1.08. The summed E-state index contributed by atoms with van der Waals surface area (Å²) < 4.78 is 13.0. The van der Waals surface area contributed by atoms with Crippen LogP contribution < -0.4 is 10.2 Å². The average molecular weight is 473 g/mol. The van der Waals surface area contributed by atoms with Crippen molar-refractivity contribution in [1.82, 2.24) is 9.97 Å². The minimum absolute atomic E-state index is 0.0120. The van der Waals surface area contributed by atoms with Crippen LogP contribution in [0.25, 0.3) is 0 Å². The van der Waals surface area contributed by atoms with Gasteiger partial charge in [0.25, 0.3) is 0 Å². The van der Waals surface area contributed by atoms with Crippen molar-refractivity contribution in [2.45, 2.75) is 66.7 Å². The number of halogens is 1. The number of nitrogens with zero attached hydrogens (tertiary/aromatic N) is 3. The van der Waals surface area contributed by atoms with Crippen molar-refractivity contribution in [2.75, 3.05) is 35.7 Å². The van der Waals surface area contributed by atoms with Gasteiger partial charge in [-0.3, -0.25) is 4.21 Å². The third-order valence-corrected chi connectivity index (χ3v) is 9.87. The molecule has 1 spiro atoms. The lowest BCUT2D eigenvalue weighted by atomic mass is 9.77.